The van der Waals surface area contributed by atoms with Crippen molar-refractivity contribution in [2.75, 3.05) is 5.32 Å². The maximum Gasteiger partial charge on any atom is 0.335 e. The van der Waals surface area contributed by atoms with Gasteiger partial charge in [-0.3, -0.25) is 0 Å². The van der Waals surface area contributed by atoms with Crippen molar-refractivity contribution in [1.29, 1.82) is 0 Å². The number of carbonyl (C=O) groups is 1. The van der Waals surface area contributed by atoms with E-state index in [-0.39, 0.29) is 0 Å². The Balaban J connectivity index is 2.66. The lowest BCUT2D eigenvalue weighted by Gasteiger charge is -2.16. The molecule has 0 fully saturated rings. The Labute approximate surface area is 121 Å². The zero-order valence-corrected chi connectivity index (χ0v) is 12.9. The van der Waals surface area contributed by atoms with Crippen LogP contribution >= 0.6 is 0 Å². The molecular formula is C16H26N2O2. The number of hydrogen-bond acceptors (Lipinski definition) is 3. The van der Waals surface area contributed by atoms with Crippen molar-refractivity contribution in [2.45, 2.75) is 59.4 Å². The summed E-state index contributed by atoms with van der Waals surface area (Å²) in [5, 5.41) is 12.4. The van der Waals surface area contributed by atoms with E-state index in [0.29, 0.717) is 17.4 Å². The van der Waals surface area contributed by atoms with Gasteiger partial charge in [0.05, 0.1) is 5.56 Å². The number of carboxylic acid groups (broad SMARTS) is 1. The third kappa shape index (κ3) is 5.59. The molecule has 0 saturated carbocycles. The summed E-state index contributed by atoms with van der Waals surface area (Å²) in [6.45, 7) is 8.54. The van der Waals surface area contributed by atoms with Crippen LogP contribution in [0.5, 0.6) is 0 Å². The molecule has 0 aliphatic rings. The SMILES string of the molecule is CCc1cc(C(=O)O)cc(NC(C)CCCC(C)C)n1. The van der Waals surface area contributed by atoms with E-state index in [9.17, 15) is 4.79 Å². The molecule has 4 nitrogen and oxygen atoms in total. The highest BCUT2D eigenvalue weighted by molar-refractivity contribution is 5.88. The molecule has 20 heavy (non-hydrogen) atoms. The predicted octanol–water partition coefficient (Wildman–Crippen LogP) is 3.97. The standard InChI is InChI=1S/C16H26N2O2/c1-5-14-9-13(16(19)20)10-15(18-14)17-12(4)8-6-7-11(2)3/h9-12H,5-8H2,1-4H3,(H,17,18)(H,19,20). The van der Waals surface area contributed by atoms with Gasteiger partial charge in [-0.1, -0.05) is 33.6 Å². The van der Waals surface area contributed by atoms with Crippen molar-refractivity contribution in [1.82, 2.24) is 4.98 Å². The average Bonchev–Trinajstić information content (AvgIpc) is 2.37. The highest BCUT2D eigenvalue weighted by atomic mass is 16.4. The lowest BCUT2D eigenvalue weighted by Crippen LogP contribution is -2.17. The van der Waals surface area contributed by atoms with E-state index in [1.807, 2.05) is 6.92 Å². The summed E-state index contributed by atoms with van der Waals surface area (Å²) in [5.41, 5.74) is 1.11. The van der Waals surface area contributed by atoms with Crippen molar-refractivity contribution >= 4 is 11.8 Å². The van der Waals surface area contributed by atoms with Gasteiger partial charge in [-0.25, -0.2) is 9.78 Å². The first-order valence-electron chi connectivity index (χ1n) is 7.43. The molecule has 112 valence electrons. The first-order valence-corrected chi connectivity index (χ1v) is 7.43. The summed E-state index contributed by atoms with van der Waals surface area (Å²) in [6, 6.07) is 3.55. The van der Waals surface area contributed by atoms with Crippen molar-refractivity contribution in [3.63, 3.8) is 0 Å². The van der Waals surface area contributed by atoms with Gasteiger partial charge in [-0.2, -0.15) is 0 Å². The molecule has 1 atom stereocenters. The minimum absolute atomic E-state index is 0.300. The van der Waals surface area contributed by atoms with E-state index in [1.165, 1.54) is 12.8 Å². The van der Waals surface area contributed by atoms with Gasteiger partial charge in [-0.05, 0) is 37.8 Å². The molecule has 4 heteroatoms. The Hall–Kier alpha value is -1.58. The molecule has 0 saturated heterocycles. The minimum Gasteiger partial charge on any atom is -0.478 e. The third-order valence-corrected chi connectivity index (χ3v) is 3.30. The van der Waals surface area contributed by atoms with Crippen LogP contribution in [-0.4, -0.2) is 22.1 Å². The fourth-order valence-electron chi connectivity index (χ4n) is 2.12. The topological polar surface area (TPSA) is 62.2 Å². The first-order chi connectivity index (χ1) is 9.42. The largest absolute Gasteiger partial charge is 0.478 e. The second-order valence-corrected chi connectivity index (χ2v) is 5.76. The minimum atomic E-state index is -0.905. The lowest BCUT2D eigenvalue weighted by atomic mass is 10.0. The first kappa shape index (κ1) is 16.5. The fraction of sp³-hybridized carbons (Fsp3) is 0.625. The van der Waals surface area contributed by atoms with Crippen molar-refractivity contribution < 1.29 is 9.90 Å². The maximum absolute atomic E-state index is 11.1. The number of aryl methyl sites for hydroxylation is 1. The van der Waals surface area contributed by atoms with Crippen molar-refractivity contribution in [3.8, 4) is 0 Å². The highest BCUT2D eigenvalue weighted by Crippen LogP contribution is 2.15. The Kier molecular flexibility index (Phi) is 6.49. The fourth-order valence-corrected chi connectivity index (χ4v) is 2.12. The quantitative estimate of drug-likeness (QED) is 0.755. The van der Waals surface area contributed by atoms with Crippen molar-refractivity contribution in [2.24, 2.45) is 5.92 Å². The highest BCUT2D eigenvalue weighted by Gasteiger charge is 2.10. The van der Waals surface area contributed by atoms with Gasteiger partial charge < -0.3 is 10.4 Å². The third-order valence-electron chi connectivity index (χ3n) is 3.30. The molecule has 1 aromatic rings. The predicted molar refractivity (Wildman–Crippen MR) is 82.3 cm³/mol. The zero-order chi connectivity index (χ0) is 15.1. The molecule has 1 rings (SSSR count). The number of anilines is 1. The van der Waals surface area contributed by atoms with Crippen LogP contribution in [0.15, 0.2) is 12.1 Å². The van der Waals surface area contributed by atoms with Gasteiger partial charge in [0.2, 0.25) is 0 Å². The Morgan fingerprint density at radius 3 is 2.55 bits per heavy atom. The second kappa shape index (κ2) is 7.88. The molecule has 0 aliphatic carbocycles. The van der Waals surface area contributed by atoms with E-state index in [1.54, 1.807) is 12.1 Å². The lowest BCUT2D eigenvalue weighted by molar-refractivity contribution is 0.0696. The van der Waals surface area contributed by atoms with Crippen LogP contribution in [0.2, 0.25) is 0 Å². The summed E-state index contributed by atoms with van der Waals surface area (Å²) in [7, 11) is 0. The molecule has 0 bridgehead atoms. The van der Waals surface area contributed by atoms with Gasteiger partial charge in [0, 0.05) is 11.7 Å². The number of nitrogens with zero attached hydrogens (tertiary/aromatic N) is 1. The van der Waals surface area contributed by atoms with E-state index >= 15 is 0 Å². The van der Waals surface area contributed by atoms with Crippen molar-refractivity contribution in [3.05, 3.63) is 23.4 Å². The number of rotatable bonds is 8. The molecule has 1 aromatic heterocycles. The Bertz CT molecular complexity index is 444. The molecule has 0 amide bonds. The molecule has 0 radical (unpaired) electrons. The average molecular weight is 278 g/mol. The summed E-state index contributed by atoms with van der Waals surface area (Å²) >= 11 is 0. The maximum atomic E-state index is 11.1. The molecule has 1 unspecified atom stereocenters. The molecule has 0 spiro atoms. The van der Waals surface area contributed by atoms with Crippen LogP contribution in [-0.2, 0) is 6.42 Å². The normalized spacial score (nSPS) is 12.4. The number of nitrogens with one attached hydrogen (secondary N) is 1. The summed E-state index contributed by atoms with van der Waals surface area (Å²) < 4.78 is 0. The van der Waals surface area contributed by atoms with E-state index in [2.05, 4.69) is 31.1 Å². The summed E-state index contributed by atoms with van der Waals surface area (Å²) in [5.74, 6) is 0.485. The summed E-state index contributed by atoms with van der Waals surface area (Å²) in [4.78, 5) is 15.5. The second-order valence-electron chi connectivity index (χ2n) is 5.76. The molecule has 2 N–H and O–H groups in total. The molecular weight excluding hydrogens is 252 g/mol. The van der Waals surface area contributed by atoms with Crippen LogP contribution in [0, 0.1) is 5.92 Å². The Morgan fingerprint density at radius 1 is 1.30 bits per heavy atom. The van der Waals surface area contributed by atoms with Gasteiger partial charge in [0.25, 0.3) is 0 Å². The molecule has 0 aliphatic heterocycles. The van der Waals surface area contributed by atoms with Gasteiger partial charge in [-0.15, -0.1) is 0 Å². The van der Waals surface area contributed by atoms with Crippen LogP contribution < -0.4 is 5.32 Å². The van der Waals surface area contributed by atoms with E-state index in [0.717, 1.165) is 24.5 Å². The zero-order valence-electron chi connectivity index (χ0n) is 12.9. The Morgan fingerprint density at radius 2 is 2.00 bits per heavy atom. The van der Waals surface area contributed by atoms with Crippen LogP contribution in [0.25, 0.3) is 0 Å². The number of pyridine rings is 1. The smallest absolute Gasteiger partial charge is 0.335 e. The molecule has 1 heterocycles. The number of carboxylic acids is 1. The van der Waals surface area contributed by atoms with E-state index < -0.39 is 5.97 Å². The van der Waals surface area contributed by atoms with E-state index in [4.69, 9.17) is 5.11 Å². The van der Waals surface area contributed by atoms with Crippen LogP contribution in [0.1, 0.15) is 63.0 Å². The number of hydrogen-bond donors (Lipinski definition) is 2. The summed E-state index contributed by atoms with van der Waals surface area (Å²) in [6.07, 6.45) is 4.19. The van der Waals surface area contributed by atoms with Crippen LogP contribution in [0.3, 0.4) is 0 Å². The number of aromatic nitrogens is 1. The van der Waals surface area contributed by atoms with Gasteiger partial charge in [0.1, 0.15) is 5.82 Å². The van der Waals surface area contributed by atoms with Gasteiger partial charge >= 0.3 is 5.97 Å². The number of aromatic carboxylic acids is 1. The molecule has 0 aromatic carbocycles. The monoisotopic (exact) mass is 278 g/mol. The van der Waals surface area contributed by atoms with Crippen LogP contribution in [0.4, 0.5) is 5.82 Å². The van der Waals surface area contributed by atoms with Gasteiger partial charge in [0.15, 0.2) is 0 Å².